The molecular weight excluding hydrogens is 573 g/mol. The number of nitrogens with zero attached hydrogens (tertiary/aromatic N) is 7. The number of methoxy groups -OCH3 is 1. The standard InChI is InChI=1S/C30H36FN9O2.ClH/c1-41-26-6-2-5-24(31)29(26)30-33-8-7-27(37-30)36-28-16-25(39-9-3-4-22(32)20-39)23(18-34-28)21-17-35-40(19-21)11-10-38-12-14-42-15-13-38;/h2,5-8,16-19,22H,3-4,9-15,20,32H2,1H3,(H,33,34,36,37);1H/t22-;/m0./s1. The largest absolute Gasteiger partial charge is 0.496 e. The molecule has 0 amide bonds. The van der Waals surface area contributed by atoms with Crippen molar-refractivity contribution in [2.24, 2.45) is 5.73 Å². The Kier molecular flexibility index (Phi) is 10.0. The molecule has 1 aromatic carbocycles. The number of hydrogen-bond acceptors (Lipinski definition) is 10. The van der Waals surface area contributed by atoms with Gasteiger partial charge in [0, 0.05) is 80.2 Å². The third-order valence-electron chi connectivity index (χ3n) is 7.70. The highest BCUT2D eigenvalue weighted by atomic mass is 35.5. The van der Waals surface area contributed by atoms with Gasteiger partial charge in [-0.1, -0.05) is 6.07 Å². The fourth-order valence-corrected chi connectivity index (χ4v) is 5.49. The molecule has 0 unspecified atom stereocenters. The van der Waals surface area contributed by atoms with Gasteiger partial charge in [-0.3, -0.25) is 9.58 Å². The first-order valence-electron chi connectivity index (χ1n) is 14.3. The molecule has 2 fully saturated rings. The summed E-state index contributed by atoms with van der Waals surface area (Å²) >= 11 is 0. The van der Waals surface area contributed by atoms with Crippen molar-refractivity contribution in [1.29, 1.82) is 0 Å². The van der Waals surface area contributed by atoms with Crippen molar-refractivity contribution in [3.63, 3.8) is 0 Å². The molecule has 0 radical (unpaired) electrons. The zero-order valence-electron chi connectivity index (χ0n) is 24.2. The predicted molar refractivity (Wildman–Crippen MR) is 167 cm³/mol. The van der Waals surface area contributed by atoms with Crippen LogP contribution in [0.4, 0.5) is 21.7 Å². The van der Waals surface area contributed by atoms with E-state index < -0.39 is 5.82 Å². The van der Waals surface area contributed by atoms with Gasteiger partial charge in [0.2, 0.25) is 0 Å². The van der Waals surface area contributed by atoms with Crippen LogP contribution >= 0.6 is 12.4 Å². The van der Waals surface area contributed by atoms with Crippen LogP contribution in [0.3, 0.4) is 0 Å². The van der Waals surface area contributed by atoms with Crippen molar-refractivity contribution in [2.75, 3.05) is 63.3 Å². The van der Waals surface area contributed by atoms with Crippen LogP contribution in [-0.4, -0.2) is 88.7 Å². The molecule has 0 saturated carbocycles. The number of aromatic nitrogens is 5. The van der Waals surface area contributed by atoms with Gasteiger partial charge in [0.1, 0.15) is 23.2 Å². The average Bonchev–Trinajstić information content (AvgIpc) is 3.49. The van der Waals surface area contributed by atoms with Crippen LogP contribution in [0, 0.1) is 5.82 Å². The van der Waals surface area contributed by atoms with Crippen LogP contribution in [0.2, 0.25) is 0 Å². The lowest BCUT2D eigenvalue weighted by molar-refractivity contribution is 0.0360. The van der Waals surface area contributed by atoms with E-state index in [0.717, 1.165) is 82.1 Å². The predicted octanol–water partition coefficient (Wildman–Crippen LogP) is 3.97. The number of halogens is 2. The summed E-state index contributed by atoms with van der Waals surface area (Å²) in [6.45, 7) is 6.86. The van der Waals surface area contributed by atoms with Gasteiger partial charge in [0.25, 0.3) is 0 Å². The van der Waals surface area contributed by atoms with Crippen LogP contribution in [0.25, 0.3) is 22.5 Å². The van der Waals surface area contributed by atoms with Crippen LogP contribution in [-0.2, 0) is 11.3 Å². The molecule has 0 spiro atoms. The molecule has 4 aromatic rings. The van der Waals surface area contributed by atoms with Crippen molar-refractivity contribution in [3.05, 3.63) is 60.9 Å². The Hall–Kier alpha value is -3.84. The Morgan fingerprint density at radius 2 is 1.95 bits per heavy atom. The zero-order chi connectivity index (χ0) is 28.9. The summed E-state index contributed by atoms with van der Waals surface area (Å²) in [7, 11) is 1.49. The molecule has 0 aliphatic carbocycles. The van der Waals surface area contributed by atoms with Crippen LogP contribution < -0.4 is 20.7 Å². The van der Waals surface area contributed by atoms with E-state index in [1.54, 1.807) is 24.4 Å². The molecule has 13 heteroatoms. The summed E-state index contributed by atoms with van der Waals surface area (Å²) in [5.74, 6) is 1.23. The SMILES string of the molecule is COc1cccc(F)c1-c1nccc(Nc2cc(N3CCC[C@H](N)C3)c(-c3cnn(CCN4CCOCC4)c3)cn2)n1.Cl. The molecule has 228 valence electrons. The molecule has 2 aliphatic rings. The van der Waals surface area contributed by atoms with E-state index in [4.69, 9.17) is 20.2 Å². The number of benzene rings is 1. The highest BCUT2D eigenvalue weighted by molar-refractivity contribution is 5.85. The summed E-state index contributed by atoms with van der Waals surface area (Å²) in [6, 6.07) is 8.48. The number of nitrogens with two attached hydrogens (primary N) is 1. The number of piperidine rings is 1. The summed E-state index contributed by atoms with van der Waals surface area (Å²) in [5, 5.41) is 7.92. The van der Waals surface area contributed by atoms with Crippen molar-refractivity contribution in [2.45, 2.75) is 25.4 Å². The Morgan fingerprint density at radius 1 is 1.09 bits per heavy atom. The van der Waals surface area contributed by atoms with E-state index in [2.05, 4.69) is 36.4 Å². The number of hydrogen-bond donors (Lipinski definition) is 2. The van der Waals surface area contributed by atoms with Gasteiger partial charge in [-0.25, -0.2) is 19.3 Å². The first-order chi connectivity index (χ1) is 20.6. The number of anilines is 3. The summed E-state index contributed by atoms with van der Waals surface area (Å²) < 4.78 is 27.5. The van der Waals surface area contributed by atoms with Crippen LogP contribution in [0.1, 0.15) is 12.8 Å². The van der Waals surface area contributed by atoms with Crippen LogP contribution in [0.15, 0.2) is 55.1 Å². The smallest absolute Gasteiger partial charge is 0.168 e. The van der Waals surface area contributed by atoms with Gasteiger partial charge in [-0.15, -0.1) is 12.4 Å². The normalized spacial score (nSPS) is 17.4. The quantitative estimate of drug-likeness (QED) is 0.288. The molecule has 43 heavy (non-hydrogen) atoms. The van der Waals surface area contributed by atoms with Gasteiger partial charge in [0.15, 0.2) is 5.82 Å². The maximum Gasteiger partial charge on any atom is 0.168 e. The molecule has 5 heterocycles. The molecule has 3 aromatic heterocycles. The maximum absolute atomic E-state index is 14.7. The molecule has 2 aliphatic heterocycles. The average molecular weight is 610 g/mol. The van der Waals surface area contributed by atoms with Gasteiger partial charge in [0.05, 0.1) is 38.6 Å². The van der Waals surface area contributed by atoms with Gasteiger partial charge in [-0.05, 0) is 31.0 Å². The van der Waals surface area contributed by atoms with E-state index in [-0.39, 0.29) is 29.8 Å². The van der Waals surface area contributed by atoms with E-state index in [9.17, 15) is 4.39 Å². The summed E-state index contributed by atoms with van der Waals surface area (Å²) in [4.78, 5) is 18.3. The molecular formula is C30H37ClFN9O2. The minimum Gasteiger partial charge on any atom is -0.496 e. The van der Waals surface area contributed by atoms with Gasteiger partial charge in [-0.2, -0.15) is 5.10 Å². The Morgan fingerprint density at radius 3 is 2.77 bits per heavy atom. The fraction of sp³-hybridized carbons (Fsp3) is 0.400. The van der Waals surface area contributed by atoms with E-state index in [1.807, 2.05) is 23.1 Å². The third kappa shape index (κ3) is 7.21. The van der Waals surface area contributed by atoms with E-state index in [0.29, 0.717) is 17.4 Å². The lowest BCUT2D eigenvalue weighted by Crippen LogP contribution is -2.43. The van der Waals surface area contributed by atoms with Crippen molar-refractivity contribution in [3.8, 4) is 28.3 Å². The van der Waals surface area contributed by atoms with Gasteiger partial charge >= 0.3 is 0 Å². The maximum atomic E-state index is 14.7. The first-order valence-corrected chi connectivity index (χ1v) is 14.3. The lowest BCUT2D eigenvalue weighted by atomic mass is 10.0. The van der Waals surface area contributed by atoms with E-state index in [1.165, 1.54) is 13.2 Å². The molecule has 11 nitrogen and oxygen atoms in total. The number of ether oxygens (including phenoxy) is 2. The van der Waals surface area contributed by atoms with Crippen LogP contribution in [0.5, 0.6) is 5.75 Å². The molecule has 6 rings (SSSR count). The fourth-order valence-electron chi connectivity index (χ4n) is 5.49. The third-order valence-corrected chi connectivity index (χ3v) is 7.70. The number of morpholine rings is 1. The molecule has 3 N–H and O–H groups in total. The Bertz CT molecular complexity index is 1510. The van der Waals surface area contributed by atoms with Crippen molar-refractivity contribution in [1.82, 2.24) is 29.6 Å². The second kappa shape index (κ2) is 14.1. The Balaban J connectivity index is 0.00000368. The van der Waals surface area contributed by atoms with Crippen molar-refractivity contribution < 1.29 is 13.9 Å². The minimum atomic E-state index is -0.455. The molecule has 2 saturated heterocycles. The monoisotopic (exact) mass is 609 g/mol. The Labute approximate surface area is 256 Å². The minimum absolute atomic E-state index is 0. The second-order valence-corrected chi connectivity index (χ2v) is 10.6. The molecule has 1 atom stereocenters. The topological polar surface area (TPSA) is 119 Å². The highest BCUT2D eigenvalue weighted by Gasteiger charge is 2.22. The van der Waals surface area contributed by atoms with Gasteiger partial charge < -0.3 is 25.4 Å². The zero-order valence-corrected chi connectivity index (χ0v) is 25.0. The number of pyridine rings is 1. The second-order valence-electron chi connectivity index (χ2n) is 10.6. The summed E-state index contributed by atoms with van der Waals surface area (Å²) in [5.41, 5.74) is 9.60. The number of rotatable bonds is 9. The number of nitrogens with one attached hydrogen (secondary N) is 1. The van der Waals surface area contributed by atoms with E-state index >= 15 is 0 Å². The molecule has 0 bridgehead atoms. The van der Waals surface area contributed by atoms with Crippen molar-refractivity contribution >= 4 is 29.7 Å². The summed E-state index contributed by atoms with van der Waals surface area (Å²) in [6.07, 6.45) is 9.45. The lowest BCUT2D eigenvalue weighted by Gasteiger charge is -2.34. The highest BCUT2D eigenvalue weighted by Crippen LogP contribution is 2.35. The first kappa shape index (κ1) is 30.6.